The molecule has 12 heavy (non-hydrogen) atoms. The third-order valence-electron chi connectivity index (χ3n) is 1.81. The summed E-state index contributed by atoms with van der Waals surface area (Å²) in [6.45, 7) is 6.55. The highest BCUT2D eigenvalue weighted by Gasteiger charge is 1.97. The Balaban J connectivity index is 2.75. The molecule has 0 heterocycles. The summed E-state index contributed by atoms with van der Waals surface area (Å²) >= 11 is 1.96. The molecule has 0 saturated carbocycles. The molecular weight excluding hydrogens is 164 g/mol. The SMILES string of the molecule is CCCSc1cc(C)ccc1C. The minimum absolute atomic E-state index is 1.23. The minimum Gasteiger partial charge on any atom is -0.126 e. The zero-order chi connectivity index (χ0) is 8.97. The van der Waals surface area contributed by atoms with Gasteiger partial charge in [-0.1, -0.05) is 24.6 Å². The van der Waals surface area contributed by atoms with Gasteiger partial charge in [0.15, 0.2) is 0 Å². The van der Waals surface area contributed by atoms with Crippen molar-refractivity contribution in [3.8, 4) is 0 Å². The first-order valence-corrected chi connectivity index (χ1v) is 5.42. The zero-order valence-electron chi connectivity index (χ0n) is 8.05. The van der Waals surface area contributed by atoms with Gasteiger partial charge in [0.1, 0.15) is 0 Å². The van der Waals surface area contributed by atoms with E-state index in [0.717, 1.165) is 0 Å². The van der Waals surface area contributed by atoms with E-state index in [1.807, 2.05) is 11.8 Å². The molecular formula is C11H16S. The van der Waals surface area contributed by atoms with Crippen LogP contribution in [-0.4, -0.2) is 5.75 Å². The van der Waals surface area contributed by atoms with Crippen LogP contribution in [0.1, 0.15) is 24.5 Å². The number of thioether (sulfide) groups is 1. The molecule has 0 atom stereocenters. The summed E-state index contributed by atoms with van der Waals surface area (Å²) in [5.74, 6) is 1.23. The Bertz CT molecular complexity index is 253. The molecule has 0 saturated heterocycles. The van der Waals surface area contributed by atoms with Crippen LogP contribution in [0, 0.1) is 13.8 Å². The lowest BCUT2D eigenvalue weighted by molar-refractivity contribution is 1.10. The van der Waals surface area contributed by atoms with Crippen LogP contribution in [0.5, 0.6) is 0 Å². The van der Waals surface area contributed by atoms with Gasteiger partial charge in [-0.2, -0.15) is 0 Å². The van der Waals surface area contributed by atoms with Gasteiger partial charge in [0.2, 0.25) is 0 Å². The van der Waals surface area contributed by atoms with E-state index in [9.17, 15) is 0 Å². The van der Waals surface area contributed by atoms with Crippen molar-refractivity contribution in [1.29, 1.82) is 0 Å². The Labute approximate surface area is 79.4 Å². The maximum Gasteiger partial charge on any atom is 0.0104 e. The smallest absolute Gasteiger partial charge is 0.0104 e. The number of hydrogen-bond donors (Lipinski definition) is 0. The molecule has 66 valence electrons. The highest BCUT2D eigenvalue weighted by molar-refractivity contribution is 7.99. The second kappa shape index (κ2) is 4.56. The minimum atomic E-state index is 1.23. The van der Waals surface area contributed by atoms with Gasteiger partial charge in [-0.05, 0) is 37.7 Å². The molecule has 1 rings (SSSR count). The van der Waals surface area contributed by atoms with Crippen molar-refractivity contribution in [2.24, 2.45) is 0 Å². The lowest BCUT2D eigenvalue weighted by Gasteiger charge is -2.04. The molecule has 0 bridgehead atoms. The average Bonchev–Trinajstić information content (AvgIpc) is 2.07. The number of rotatable bonds is 3. The molecule has 0 aliphatic heterocycles. The van der Waals surface area contributed by atoms with Crippen molar-refractivity contribution in [3.05, 3.63) is 29.3 Å². The van der Waals surface area contributed by atoms with Crippen LogP contribution in [0.2, 0.25) is 0 Å². The van der Waals surface area contributed by atoms with E-state index in [4.69, 9.17) is 0 Å². The fourth-order valence-corrected chi connectivity index (χ4v) is 2.06. The molecule has 0 spiro atoms. The van der Waals surface area contributed by atoms with Gasteiger partial charge in [0, 0.05) is 4.90 Å². The fraction of sp³-hybridized carbons (Fsp3) is 0.455. The van der Waals surface area contributed by atoms with Crippen molar-refractivity contribution in [2.45, 2.75) is 32.1 Å². The molecule has 0 nitrogen and oxygen atoms in total. The predicted octanol–water partition coefficient (Wildman–Crippen LogP) is 3.81. The highest BCUT2D eigenvalue weighted by atomic mass is 32.2. The van der Waals surface area contributed by atoms with Crippen LogP contribution in [-0.2, 0) is 0 Å². The Morgan fingerprint density at radius 2 is 2.00 bits per heavy atom. The summed E-state index contributed by atoms with van der Waals surface area (Å²) in [7, 11) is 0. The van der Waals surface area contributed by atoms with Gasteiger partial charge in [-0.3, -0.25) is 0 Å². The fourth-order valence-electron chi connectivity index (χ4n) is 1.07. The molecule has 0 radical (unpaired) electrons. The van der Waals surface area contributed by atoms with E-state index >= 15 is 0 Å². The lowest BCUT2D eigenvalue weighted by atomic mass is 10.2. The third-order valence-corrected chi connectivity index (χ3v) is 3.17. The van der Waals surface area contributed by atoms with Gasteiger partial charge in [0.05, 0.1) is 0 Å². The van der Waals surface area contributed by atoms with Gasteiger partial charge < -0.3 is 0 Å². The second-order valence-corrected chi connectivity index (χ2v) is 4.25. The summed E-state index contributed by atoms with van der Waals surface area (Å²) in [5.41, 5.74) is 2.76. The van der Waals surface area contributed by atoms with Crippen LogP contribution >= 0.6 is 11.8 Å². The van der Waals surface area contributed by atoms with Gasteiger partial charge in [0.25, 0.3) is 0 Å². The predicted molar refractivity (Wildman–Crippen MR) is 56.9 cm³/mol. The highest BCUT2D eigenvalue weighted by Crippen LogP contribution is 2.23. The zero-order valence-corrected chi connectivity index (χ0v) is 8.87. The van der Waals surface area contributed by atoms with Crippen molar-refractivity contribution in [3.63, 3.8) is 0 Å². The molecule has 1 aromatic carbocycles. The molecule has 0 aromatic heterocycles. The summed E-state index contributed by atoms with van der Waals surface area (Å²) < 4.78 is 0. The molecule has 0 fully saturated rings. The number of aryl methyl sites for hydroxylation is 2. The van der Waals surface area contributed by atoms with Crippen molar-refractivity contribution in [1.82, 2.24) is 0 Å². The van der Waals surface area contributed by atoms with Crippen molar-refractivity contribution >= 4 is 11.8 Å². The first kappa shape index (κ1) is 9.66. The first-order valence-electron chi connectivity index (χ1n) is 4.44. The van der Waals surface area contributed by atoms with E-state index in [2.05, 4.69) is 39.0 Å². The summed E-state index contributed by atoms with van der Waals surface area (Å²) in [5, 5.41) is 0. The topological polar surface area (TPSA) is 0 Å². The maximum atomic E-state index is 2.27. The van der Waals surface area contributed by atoms with Gasteiger partial charge in [-0.25, -0.2) is 0 Å². The van der Waals surface area contributed by atoms with E-state index < -0.39 is 0 Å². The average molecular weight is 180 g/mol. The van der Waals surface area contributed by atoms with Crippen LogP contribution in [0.4, 0.5) is 0 Å². The molecule has 0 aliphatic carbocycles. The Kier molecular flexibility index (Phi) is 3.67. The van der Waals surface area contributed by atoms with Crippen LogP contribution < -0.4 is 0 Å². The van der Waals surface area contributed by atoms with Crippen molar-refractivity contribution < 1.29 is 0 Å². The largest absolute Gasteiger partial charge is 0.126 e. The van der Waals surface area contributed by atoms with E-state index in [1.54, 1.807) is 0 Å². The normalized spacial score (nSPS) is 10.2. The van der Waals surface area contributed by atoms with Crippen molar-refractivity contribution in [2.75, 3.05) is 5.75 Å². The quantitative estimate of drug-likeness (QED) is 0.637. The Morgan fingerprint density at radius 1 is 1.25 bits per heavy atom. The summed E-state index contributed by atoms with van der Waals surface area (Å²) in [6.07, 6.45) is 1.25. The first-order chi connectivity index (χ1) is 5.74. The molecule has 0 aliphatic rings. The Morgan fingerprint density at radius 3 is 2.67 bits per heavy atom. The van der Waals surface area contributed by atoms with Crippen LogP contribution in [0.3, 0.4) is 0 Å². The van der Waals surface area contributed by atoms with Gasteiger partial charge in [-0.15, -0.1) is 11.8 Å². The van der Waals surface area contributed by atoms with E-state index in [-0.39, 0.29) is 0 Å². The molecule has 1 aromatic rings. The summed E-state index contributed by atoms with van der Waals surface area (Å²) in [4.78, 5) is 1.44. The number of benzene rings is 1. The monoisotopic (exact) mass is 180 g/mol. The van der Waals surface area contributed by atoms with Gasteiger partial charge >= 0.3 is 0 Å². The van der Waals surface area contributed by atoms with Crippen LogP contribution in [0.25, 0.3) is 0 Å². The van der Waals surface area contributed by atoms with E-state index in [1.165, 1.54) is 28.2 Å². The molecule has 0 amide bonds. The Hall–Kier alpha value is -0.430. The summed E-state index contributed by atoms with van der Waals surface area (Å²) in [6, 6.07) is 6.65. The number of hydrogen-bond acceptors (Lipinski definition) is 1. The standard InChI is InChI=1S/C11H16S/c1-4-7-12-11-8-9(2)5-6-10(11)3/h5-6,8H,4,7H2,1-3H3. The molecule has 0 unspecified atom stereocenters. The second-order valence-electron chi connectivity index (χ2n) is 3.12. The third kappa shape index (κ3) is 2.56. The lowest BCUT2D eigenvalue weighted by Crippen LogP contribution is -1.82. The maximum absolute atomic E-state index is 2.27. The van der Waals surface area contributed by atoms with E-state index in [0.29, 0.717) is 0 Å². The van der Waals surface area contributed by atoms with Crippen LogP contribution in [0.15, 0.2) is 23.1 Å². The molecule has 0 N–H and O–H groups in total. The molecule has 1 heteroatoms.